The molecule has 0 aliphatic carbocycles. The predicted octanol–water partition coefficient (Wildman–Crippen LogP) is 0.716. The average molecular weight is 272 g/mol. The molecule has 0 rings (SSSR count). The Balaban J connectivity index is 4.49. The molecule has 0 heterocycles. The van der Waals surface area contributed by atoms with Crippen molar-refractivity contribution in [3.63, 3.8) is 0 Å². The van der Waals surface area contributed by atoms with Gasteiger partial charge in [-0.15, -0.1) is 0 Å². The van der Waals surface area contributed by atoms with Crippen LogP contribution in [0.15, 0.2) is 0 Å². The number of rotatable bonds is 5. The van der Waals surface area contributed by atoms with E-state index in [9.17, 15) is 14.4 Å². The van der Waals surface area contributed by atoms with E-state index in [2.05, 4.69) is 5.32 Å². The Morgan fingerprint density at radius 2 is 1.68 bits per heavy atom. The maximum absolute atomic E-state index is 12.0. The molecule has 6 nitrogen and oxygen atoms in total. The standard InChI is InChI=1S/C13H24N2O4/c1-8(11(17)18)7-15(6)10(16)9(2)14-12(19)13(3,4)5/h8-9H,7H2,1-6H3,(H,14,19)(H,17,18). The minimum Gasteiger partial charge on any atom is -0.481 e. The van der Waals surface area contributed by atoms with Crippen molar-refractivity contribution in [1.29, 1.82) is 0 Å². The van der Waals surface area contributed by atoms with E-state index in [0.717, 1.165) is 0 Å². The number of nitrogens with zero attached hydrogens (tertiary/aromatic N) is 1. The molecular formula is C13H24N2O4. The Hall–Kier alpha value is -1.59. The van der Waals surface area contributed by atoms with Gasteiger partial charge in [0.1, 0.15) is 6.04 Å². The van der Waals surface area contributed by atoms with Crippen LogP contribution in [0.25, 0.3) is 0 Å². The van der Waals surface area contributed by atoms with Gasteiger partial charge >= 0.3 is 5.97 Å². The van der Waals surface area contributed by atoms with Gasteiger partial charge in [-0.3, -0.25) is 14.4 Å². The second-order valence-electron chi connectivity index (χ2n) is 5.90. The highest BCUT2D eigenvalue weighted by Gasteiger charge is 2.27. The van der Waals surface area contributed by atoms with Crippen LogP contribution in [0, 0.1) is 11.3 Å². The fourth-order valence-electron chi connectivity index (χ4n) is 1.38. The number of likely N-dealkylation sites (N-methyl/N-ethyl adjacent to an activating group) is 1. The SMILES string of the molecule is CC(CN(C)C(=O)C(C)NC(=O)C(C)(C)C)C(=O)O. The molecule has 0 spiro atoms. The third-order valence-electron chi connectivity index (χ3n) is 2.74. The highest BCUT2D eigenvalue weighted by atomic mass is 16.4. The zero-order valence-electron chi connectivity index (χ0n) is 12.5. The number of hydrogen-bond donors (Lipinski definition) is 2. The van der Waals surface area contributed by atoms with Crippen LogP contribution in [0.1, 0.15) is 34.6 Å². The fraction of sp³-hybridized carbons (Fsp3) is 0.769. The van der Waals surface area contributed by atoms with Crippen molar-refractivity contribution >= 4 is 17.8 Å². The van der Waals surface area contributed by atoms with Gasteiger partial charge in [-0.1, -0.05) is 27.7 Å². The first-order chi connectivity index (χ1) is 8.46. The summed E-state index contributed by atoms with van der Waals surface area (Å²) in [5.41, 5.74) is -0.568. The zero-order valence-corrected chi connectivity index (χ0v) is 12.5. The van der Waals surface area contributed by atoms with E-state index in [1.165, 1.54) is 18.9 Å². The molecule has 0 aromatic heterocycles. The molecule has 0 aromatic carbocycles. The van der Waals surface area contributed by atoms with E-state index in [-0.39, 0.29) is 18.4 Å². The summed E-state index contributed by atoms with van der Waals surface area (Å²) < 4.78 is 0. The molecule has 110 valence electrons. The number of carbonyl (C=O) groups is 3. The molecule has 19 heavy (non-hydrogen) atoms. The van der Waals surface area contributed by atoms with Gasteiger partial charge in [0.05, 0.1) is 5.92 Å². The van der Waals surface area contributed by atoms with Gasteiger partial charge in [-0.2, -0.15) is 0 Å². The molecule has 0 bridgehead atoms. The van der Waals surface area contributed by atoms with E-state index in [1.807, 2.05) is 0 Å². The van der Waals surface area contributed by atoms with Crippen molar-refractivity contribution in [1.82, 2.24) is 10.2 Å². The predicted molar refractivity (Wildman–Crippen MR) is 71.5 cm³/mol. The highest BCUT2D eigenvalue weighted by molar-refractivity contribution is 5.89. The number of hydrogen-bond acceptors (Lipinski definition) is 3. The lowest BCUT2D eigenvalue weighted by molar-refractivity contribution is -0.143. The topological polar surface area (TPSA) is 86.7 Å². The number of amides is 2. The molecular weight excluding hydrogens is 248 g/mol. The van der Waals surface area contributed by atoms with Crippen molar-refractivity contribution in [2.24, 2.45) is 11.3 Å². The lowest BCUT2D eigenvalue weighted by Crippen LogP contribution is -2.49. The first-order valence-electron chi connectivity index (χ1n) is 6.25. The number of carboxylic acid groups (broad SMARTS) is 1. The van der Waals surface area contributed by atoms with E-state index in [4.69, 9.17) is 5.11 Å². The Bertz CT molecular complexity index is 360. The molecule has 0 radical (unpaired) electrons. The maximum atomic E-state index is 12.0. The van der Waals surface area contributed by atoms with E-state index < -0.39 is 23.3 Å². The number of carboxylic acids is 1. The van der Waals surface area contributed by atoms with Crippen LogP contribution in [0.4, 0.5) is 0 Å². The van der Waals surface area contributed by atoms with E-state index in [1.54, 1.807) is 27.7 Å². The minimum absolute atomic E-state index is 0.115. The Morgan fingerprint density at radius 1 is 1.21 bits per heavy atom. The van der Waals surface area contributed by atoms with Crippen molar-refractivity contribution in [3.8, 4) is 0 Å². The van der Waals surface area contributed by atoms with Crippen LogP contribution in [0.5, 0.6) is 0 Å². The van der Waals surface area contributed by atoms with Crippen LogP contribution < -0.4 is 5.32 Å². The third-order valence-corrected chi connectivity index (χ3v) is 2.74. The molecule has 6 heteroatoms. The van der Waals surface area contributed by atoms with Crippen LogP contribution >= 0.6 is 0 Å². The molecule has 0 aromatic rings. The number of nitrogens with one attached hydrogen (secondary N) is 1. The second kappa shape index (κ2) is 6.54. The summed E-state index contributed by atoms with van der Waals surface area (Å²) in [7, 11) is 1.53. The molecule has 2 atom stereocenters. The maximum Gasteiger partial charge on any atom is 0.308 e. The lowest BCUT2D eigenvalue weighted by atomic mass is 9.95. The van der Waals surface area contributed by atoms with Crippen LogP contribution in [0.3, 0.4) is 0 Å². The largest absolute Gasteiger partial charge is 0.481 e. The summed E-state index contributed by atoms with van der Waals surface area (Å²) in [6, 6.07) is -0.669. The van der Waals surface area contributed by atoms with Crippen molar-refractivity contribution in [2.45, 2.75) is 40.7 Å². The molecule has 0 fully saturated rings. The second-order valence-corrected chi connectivity index (χ2v) is 5.90. The fourth-order valence-corrected chi connectivity index (χ4v) is 1.38. The lowest BCUT2D eigenvalue weighted by Gasteiger charge is -2.26. The van der Waals surface area contributed by atoms with Crippen molar-refractivity contribution in [3.05, 3.63) is 0 Å². The van der Waals surface area contributed by atoms with Gasteiger partial charge in [-0.05, 0) is 6.92 Å². The first kappa shape index (κ1) is 17.4. The normalized spacial score (nSPS) is 14.4. The quantitative estimate of drug-likeness (QED) is 0.772. The van der Waals surface area contributed by atoms with Crippen molar-refractivity contribution in [2.75, 3.05) is 13.6 Å². The third kappa shape index (κ3) is 5.72. The summed E-state index contributed by atoms with van der Waals surface area (Å²) >= 11 is 0. The number of aliphatic carboxylic acids is 1. The van der Waals surface area contributed by atoms with Gasteiger partial charge in [0, 0.05) is 19.0 Å². The summed E-state index contributed by atoms with van der Waals surface area (Å²) in [6.07, 6.45) is 0. The van der Waals surface area contributed by atoms with Gasteiger partial charge in [0.15, 0.2) is 0 Å². The summed E-state index contributed by atoms with van der Waals surface area (Å²) in [4.78, 5) is 35.8. The zero-order chi connectivity index (χ0) is 15.4. The smallest absolute Gasteiger partial charge is 0.308 e. The number of carbonyl (C=O) groups excluding carboxylic acids is 2. The molecule has 0 saturated heterocycles. The Labute approximate surface area is 114 Å². The summed E-state index contributed by atoms with van der Waals surface area (Å²) in [5, 5.41) is 11.4. The monoisotopic (exact) mass is 272 g/mol. The Kier molecular flexibility index (Phi) is 5.99. The van der Waals surface area contributed by atoms with Crippen LogP contribution in [-0.4, -0.2) is 47.4 Å². The molecule has 0 aliphatic heterocycles. The highest BCUT2D eigenvalue weighted by Crippen LogP contribution is 2.13. The Morgan fingerprint density at radius 3 is 2.05 bits per heavy atom. The van der Waals surface area contributed by atoms with Gasteiger partial charge in [0.2, 0.25) is 11.8 Å². The summed E-state index contributed by atoms with van der Waals surface area (Å²) in [5.74, 6) is -2.11. The van der Waals surface area contributed by atoms with E-state index in [0.29, 0.717) is 0 Å². The minimum atomic E-state index is -0.953. The molecule has 2 N–H and O–H groups in total. The van der Waals surface area contributed by atoms with Gasteiger partial charge in [0.25, 0.3) is 0 Å². The molecule has 2 unspecified atom stereocenters. The molecule has 0 saturated carbocycles. The van der Waals surface area contributed by atoms with Crippen LogP contribution in [0.2, 0.25) is 0 Å². The van der Waals surface area contributed by atoms with Gasteiger partial charge in [-0.25, -0.2) is 0 Å². The van der Waals surface area contributed by atoms with Gasteiger partial charge < -0.3 is 15.3 Å². The average Bonchev–Trinajstić information content (AvgIpc) is 2.25. The first-order valence-corrected chi connectivity index (χ1v) is 6.25. The molecule has 2 amide bonds. The van der Waals surface area contributed by atoms with Crippen LogP contribution in [-0.2, 0) is 14.4 Å². The van der Waals surface area contributed by atoms with E-state index >= 15 is 0 Å². The summed E-state index contributed by atoms with van der Waals surface area (Å²) in [6.45, 7) is 8.52. The molecule has 0 aliphatic rings. The van der Waals surface area contributed by atoms with Crippen molar-refractivity contribution < 1.29 is 19.5 Å².